The van der Waals surface area contributed by atoms with Crippen LogP contribution < -0.4 is 0 Å². The molecule has 0 heterocycles. The minimum Gasteiger partial charge on any atom is -0.306 e. The van der Waals surface area contributed by atoms with Gasteiger partial charge in [-0.05, 0) is 78.5 Å². The van der Waals surface area contributed by atoms with Crippen molar-refractivity contribution < 1.29 is 0 Å². The lowest BCUT2D eigenvalue weighted by molar-refractivity contribution is 0.280. The maximum absolute atomic E-state index is 2.49. The van der Waals surface area contributed by atoms with Crippen LogP contribution in [0, 0.1) is 0 Å². The van der Waals surface area contributed by atoms with E-state index < -0.39 is 0 Å². The number of hydrogen-bond donors (Lipinski definition) is 0. The summed E-state index contributed by atoms with van der Waals surface area (Å²) in [4.78, 5) is 4.99. The molecule has 0 aliphatic heterocycles. The first-order valence-electron chi connectivity index (χ1n) is 8.59. The fraction of sp³-hybridized carbons (Fsp3) is 1.00. The fourth-order valence-electron chi connectivity index (χ4n) is 2.11. The zero-order valence-corrected chi connectivity index (χ0v) is 18.0. The molecule has 0 radical (unpaired) electrons. The third kappa shape index (κ3) is 12.1. The van der Waals surface area contributed by atoms with Crippen LogP contribution in [0.3, 0.4) is 0 Å². The molecule has 0 fully saturated rings. The molecule has 0 aromatic heterocycles. The van der Waals surface area contributed by atoms with Gasteiger partial charge in [0.1, 0.15) is 0 Å². The van der Waals surface area contributed by atoms with Gasteiger partial charge in [-0.25, -0.2) is 0 Å². The summed E-state index contributed by atoms with van der Waals surface area (Å²) in [7, 11) is 4.53. The predicted molar refractivity (Wildman–Crippen MR) is 109 cm³/mol. The van der Waals surface area contributed by atoms with Crippen LogP contribution in [0.25, 0.3) is 0 Å². The van der Waals surface area contributed by atoms with Gasteiger partial charge in [-0.2, -0.15) is 23.5 Å². The van der Waals surface area contributed by atoms with E-state index >= 15 is 0 Å². The number of rotatable bonds is 13. The quantitative estimate of drug-likeness (QED) is 0.445. The first-order valence-corrected chi connectivity index (χ1v) is 11.0. The summed E-state index contributed by atoms with van der Waals surface area (Å²) in [6.45, 7) is 14.3. The van der Waals surface area contributed by atoms with Crippen molar-refractivity contribution >= 4 is 23.5 Å². The Morgan fingerprint density at radius 2 is 0.955 bits per heavy atom. The molecule has 0 unspecified atom stereocenters. The van der Waals surface area contributed by atoms with E-state index in [0.29, 0.717) is 9.49 Å². The van der Waals surface area contributed by atoms with E-state index in [9.17, 15) is 0 Å². The molecule has 0 amide bonds. The lowest BCUT2D eigenvalue weighted by Crippen LogP contribution is -2.29. The molecule has 0 aliphatic carbocycles. The number of unbranched alkanes of at least 4 members (excludes halogenated alkanes) is 1. The minimum atomic E-state index is 0.415. The highest BCUT2D eigenvalue weighted by Crippen LogP contribution is 2.26. The third-order valence-corrected chi connectivity index (χ3v) is 7.24. The Labute approximate surface area is 149 Å². The van der Waals surface area contributed by atoms with Crippen LogP contribution in [0.4, 0.5) is 0 Å². The average molecular weight is 349 g/mol. The molecule has 0 aromatic rings. The van der Waals surface area contributed by atoms with Crippen molar-refractivity contribution in [1.29, 1.82) is 0 Å². The minimum absolute atomic E-state index is 0.415. The first-order chi connectivity index (χ1) is 10.1. The highest BCUT2D eigenvalue weighted by atomic mass is 32.2. The van der Waals surface area contributed by atoms with Crippen LogP contribution in [-0.2, 0) is 0 Å². The molecule has 0 spiro atoms. The monoisotopic (exact) mass is 348 g/mol. The molecular weight excluding hydrogens is 308 g/mol. The fourth-order valence-corrected chi connectivity index (χ4v) is 2.70. The summed E-state index contributed by atoms with van der Waals surface area (Å²) < 4.78 is 0.830. The van der Waals surface area contributed by atoms with E-state index in [1.165, 1.54) is 51.9 Å². The molecule has 0 rings (SSSR count). The van der Waals surface area contributed by atoms with Crippen LogP contribution in [0.1, 0.15) is 53.4 Å². The van der Waals surface area contributed by atoms with Crippen LogP contribution in [0.2, 0.25) is 0 Å². The van der Waals surface area contributed by atoms with Gasteiger partial charge in [0.15, 0.2) is 0 Å². The van der Waals surface area contributed by atoms with Crippen molar-refractivity contribution in [3.63, 3.8) is 0 Å². The van der Waals surface area contributed by atoms with Gasteiger partial charge in [-0.3, -0.25) is 0 Å². The topological polar surface area (TPSA) is 6.48 Å². The highest BCUT2D eigenvalue weighted by Gasteiger charge is 2.17. The third-order valence-electron chi connectivity index (χ3n) is 4.63. The Morgan fingerprint density at radius 1 is 0.636 bits per heavy atom. The van der Waals surface area contributed by atoms with E-state index in [-0.39, 0.29) is 0 Å². The highest BCUT2D eigenvalue weighted by molar-refractivity contribution is 8.00. The molecule has 0 aromatic carbocycles. The SMILES string of the molecule is CSC(C)(C)CCN(C)CCCCN(C)CCC(C)(C)SC. The second kappa shape index (κ2) is 11.2. The Hall–Kier alpha value is 0.620. The van der Waals surface area contributed by atoms with Crippen LogP contribution in [-0.4, -0.2) is 72.1 Å². The summed E-state index contributed by atoms with van der Waals surface area (Å²) in [5.41, 5.74) is 0. The lowest BCUT2D eigenvalue weighted by Gasteiger charge is -2.27. The van der Waals surface area contributed by atoms with Crippen molar-refractivity contribution in [1.82, 2.24) is 9.80 Å². The lowest BCUT2D eigenvalue weighted by atomic mass is 10.1. The van der Waals surface area contributed by atoms with Gasteiger partial charge in [0.25, 0.3) is 0 Å². The molecule has 22 heavy (non-hydrogen) atoms. The van der Waals surface area contributed by atoms with Crippen LogP contribution in [0.15, 0.2) is 0 Å². The van der Waals surface area contributed by atoms with E-state index in [4.69, 9.17) is 0 Å². The zero-order valence-electron chi connectivity index (χ0n) is 16.4. The summed E-state index contributed by atoms with van der Waals surface area (Å²) in [5.74, 6) is 0. The number of hydrogen-bond acceptors (Lipinski definition) is 4. The van der Waals surface area contributed by atoms with Crippen molar-refractivity contribution in [2.75, 3.05) is 52.8 Å². The van der Waals surface area contributed by atoms with Gasteiger partial charge in [-0.15, -0.1) is 0 Å². The Morgan fingerprint density at radius 3 is 1.23 bits per heavy atom. The molecular formula is C18H40N2S2. The number of thioether (sulfide) groups is 2. The summed E-state index contributed by atoms with van der Waals surface area (Å²) in [6.07, 6.45) is 9.60. The van der Waals surface area contributed by atoms with E-state index in [1.807, 2.05) is 23.5 Å². The molecule has 0 atom stereocenters. The van der Waals surface area contributed by atoms with Crippen LogP contribution >= 0.6 is 23.5 Å². The molecule has 0 saturated carbocycles. The Kier molecular flexibility index (Phi) is 11.5. The second-order valence-corrected chi connectivity index (χ2v) is 10.8. The first kappa shape index (κ1) is 22.6. The summed E-state index contributed by atoms with van der Waals surface area (Å²) >= 11 is 3.95. The molecule has 0 N–H and O–H groups in total. The second-order valence-electron chi connectivity index (χ2n) is 7.74. The van der Waals surface area contributed by atoms with Crippen molar-refractivity contribution in [2.45, 2.75) is 62.9 Å². The Bertz CT molecular complexity index is 252. The standard InChI is InChI=1S/C18H40N2S2/c1-17(2,21-7)11-15-19(5)13-9-10-14-20(6)16-12-18(3,4)22-8/h9-16H2,1-8H3. The molecule has 0 saturated heterocycles. The zero-order chi connectivity index (χ0) is 17.2. The maximum atomic E-state index is 2.49. The van der Waals surface area contributed by atoms with Crippen molar-refractivity contribution in [3.05, 3.63) is 0 Å². The van der Waals surface area contributed by atoms with Gasteiger partial charge in [0.2, 0.25) is 0 Å². The molecule has 134 valence electrons. The average Bonchev–Trinajstić information content (AvgIpc) is 2.47. The van der Waals surface area contributed by atoms with E-state index in [0.717, 1.165) is 0 Å². The smallest absolute Gasteiger partial charge is 0.0113 e. The normalized spacial score (nSPS) is 13.4. The Balaban J connectivity index is 3.67. The van der Waals surface area contributed by atoms with Gasteiger partial charge in [0, 0.05) is 9.49 Å². The maximum Gasteiger partial charge on any atom is 0.0113 e. The molecule has 0 bridgehead atoms. The molecule has 2 nitrogen and oxygen atoms in total. The van der Waals surface area contributed by atoms with Crippen LogP contribution in [0.5, 0.6) is 0 Å². The summed E-state index contributed by atoms with van der Waals surface area (Å²) in [6, 6.07) is 0. The summed E-state index contributed by atoms with van der Waals surface area (Å²) in [5, 5.41) is 0. The van der Waals surface area contributed by atoms with Gasteiger partial charge in [0.05, 0.1) is 0 Å². The van der Waals surface area contributed by atoms with E-state index in [1.54, 1.807) is 0 Å². The van der Waals surface area contributed by atoms with Crippen molar-refractivity contribution in [2.24, 2.45) is 0 Å². The van der Waals surface area contributed by atoms with E-state index in [2.05, 4.69) is 64.1 Å². The van der Waals surface area contributed by atoms with Gasteiger partial charge >= 0.3 is 0 Å². The van der Waals surface area contributed by atoms with Crippen molar-refractivity contribution in [3.8, 4) is 0 Å². The number of nitrogens with zero attached hydrogens (tertiary/aromatic N) is 2. The van der Waals surface area contributed by atoms with Gasteiger partial charge in [-0.1, -0.05) is 27.7 Å². The predicted octanol–water partition coefficient (Wildman–Crippen LogP) is 4.69. The van der Waals surface area contributed by atoms with Gasteiger partial charge < -0.3 is 9.80 Å². The molecule has 0 aliphatic rings. The molecule has 4 heteroatoms. The largest absolute Gasteiger partial charge is 0.306 e.